The lowest BCUT2D eigenvalue weighted by Gasteiger charge is -2.44. The van der Waals surface area contributed by atoms with Gasteiger partial charge in [-0.05, 0) is 19.3 Å². The summed E-state index contributed by atoms with van der Waals surface area (Å²) in [6, 6.07) is 0.208. The number of halogens is 1. The standard InChI is InChI=1S/C22H34FN7O3/c1-15-25-20(27-28-22(32)17(11-24-14-31)10-16-4-2-3-5-16)19(23)21(26-15)30-7-6-29-8-9-33-13-18(29)12-30/h14,16-18H,2-13H2,1H3,(H,24,31)(H,28,32)(H,25,26,27)/t17-,18+/m1/s1. The van der Waals surface area contributed by atoms with Gasteiger partial charge in [0, 0.05) is 32.7 Å². The number of ether oxygens (including phenoxy) is 1. The van der Waals surface area contributed by atoms with Crippen molar-refractivity contribution in [3.63, 3.8) is 0 Å². The van der Waals surface area contributed by atoms with Crippen LogP contribution >= 0.6 is 0 Å². The highest BCUT2D eigenvalue weighted by atomic mass is 19.1. The SMILES string of the molecule is Cc1nc(NNC(=O)[C@@H](CNC=O)CC2CCCC2)c(F)c(N2CCN3CCOC[C@@H]3C2)n1. The summed E-state index contributed by atoms with van der Waals surface area (Å²) < 4.78 is 20.9. The topological polar surface area (TPSA) is 112 Å². The van der Waals surface area contributed by atoms with Crippen LogP contribution in [0, 0.1) is 24.6 Å². The Hall–Kier alpha value is -2.53. The van der Waals surface area contributed by atoms with E-state index in [1.807, 2.05) is 4.90 Å². The Morgan fingerprint density at radius 3 is 2.88 bits per heavy atom. The first-order valence-electron chi connectivity index (χ1n) is 11.9. The van der Waals surface area contributed by atoms with E-state index in [9.17, 15) is 9.59 Å². The lowest BCUT2D eigenvalue weighted by molar-refractivity contribution is -0.125. The molecule has 1 aliphatic carbocycles. The van der Waals surface area contributed by atoms with Crippen LogP contribution in [0.4, 0.5) is 16.0 Å². The van der Waals surface area contributed by atoms with Gasteiger partial charge in [-0.1, -0.05) is 25.7 Å². The second-order valence-corrected chi connectivity index (χ2v) is 9.19. The molecule has 3 N–H and O–H groups in total. The molecule has 33 heavy (non-hydrogen) atoms. The lowest BCUT2D eigenvalue weighted by atomic mass is 9.92. The molecule has 3 heterocycles. The van der Waals surface area contributed by atoms with Gasteiger partial charge in [0.05, 0.1) is 25.2 Å². The molecule has 1 aromatic heterocycles. The molecular formula is C22H34FN7O3. The van der Waals surface area contributed by atoms with Crippen molar-refractivity contribution in [2.24, 2.45) is 11.8 Å². The Labute approximate surface area is 193 Å². The highest BCUT2D eigenvalue weighted by Gasteiger charge is 2.32. The summed E-state index contributed by atoms with van der Waals surface area (Å²) in [4.78, 5) is 36.4. The van der Waals surface area contributed by atoms with Crippen LogP contribution in [0.3, 0.4) is 0 Å². The first-order chi connectivity index (χ1) is 16.0. The molecule has 4 rings (SSSR count). The Morgan fingerprint density at radius 1 is 1.27 bits per heavy atom. The van der Waals surface area contributed by atoms with Gasteiger partial charge in [0.25, 0.3) is 0 Å². The molecule has 0 bridgehead atoms. The van der Waals surface area contributed by atoms with Crippen molar-refractivity contribution in [3.8, 4) is 0 Å². The summed E-state index contributed by atoms with van der Waals surface area (Å²) >= 11 is 0. The molecular weight excluding hydrogens is 429 g/mol. The minimum atomic E-state index is -0.593. The third kappa shape index (κ3) is 5.89. The Balaban J connectivity index is 1.41. The lowest BCUT2D eigenvalue weighted by Crippen LogP contribution is -2.58. The maximum atomic E-state index is 15.4. The zero-order chi connectivity index (χ0) is 23.2. The number of morpholine rings is 1. The van der Waals surface area contributed by atoms with Crippen molar-refractivity contribution in [3.05, 3.63) is 11.6 Å². The van der Waals surface area contributed by atoms with Gasteiger partial charge >= 0.3 is 0 Å². The average Bonchev–Trinajstić information content (AvgIpc) is 3.34. The van der Waals surface area contributed by atoms with Gasteiger partial charge < -0.3 is 15.0 Å². The number of nitrogens with one attached hydrogen (secondary N) is 3. The maximum absolute atomic E-state index is 15.4. The van der Waals surface area contributed by atoms with Gasteiger partial charge in [-0.3, -0.25) is 25.3 Å². The van der Waals surface area contributed by atoms with Crippen LogP contribution in [0.15, 0.2) is 0 Å². The molecule has 10 nitrogen and oxygen atoms in total. The molecule has 1 aromatic rings. The van der Waals surface area contributed by atoms with Gasteiger partial charge in [0.15, 0.2) is 11.6 Å². The quantitative estimate of drug-likeness (QED) is 0.365. The summed E-state index contributed by atoms with van der Waals surface area (Å²) in [5.74, 6) is -0.218. The summed E-state index contributed by atoms with van der Waals surface area (Å²) in [5, 5.41) is 2.61. The molecule has 2 amide bonds. The predicted octanol–water partition coefficient (Wildman–Crippen LogP) is 0.831. The number of hydrazine groups is 1. The van der Waals surface area contributed by atoms with Gasteiger partial charge in [0.2, 0.25) is 18.1 Å². The summed E-state index contributed by atoms with van der Waals surface area (Å²) in [6.07, 6.45) is 5.83. The molecule has 0 radical (unpaired) electrons. The van der Waals surface area contributed by atoms with Crippen LogP contribution < -0.4 is 21.1 Å². The van der Waals surface area contributed by atoms with E-state index >= 15 is 4.39 Å². The molecule has 3 fully saturated rings. The number of carbonyl (C=O) groups excluding carboxylic acids is 2. The Bertz CT molecular complexity index is 836. The van der Waals surface area contributed by atoms with E-state index in [1.165, 1.54) is 12.8 Å². The zero-order valence-corrected chi connectivity index (χ0v) is 19.2. The van der Waals surface area contributed by atoms with Crippen LogP contribution in [0.25, 0.3) is 0 Å². The molecule has 0 aromatic carbocycles. The van der Waals surface area contributed by atoms with E-state index in [1.54, 1.807) is 6.92 Å². The smallest absolute Gasteiger partial charge is 0.243 e. The van der Waals surface area contributed by atoms with E-state index < -0.39 is 11.7 Å². The van der Waals surface area contributed by atoms with Crippen LogP contribution in [-0.2, 0) is 14.3 Å². The number of nitrogens with zero attached hydrogens (tertiary/aromatic N) is 4. The minimum Gasteiger partial charge on any atom is -0.378 e. The number of piperazine rings is 1. The number of aryl methyl sites for hydroxylation is 1. The number of aromatic nitrogens is 2. The van der Waals surface area contributed by atoms with Crippen molar-refractivity contribution in [1.29, 1.82) is 0 Å². The van der Waals surface area contributed by atoms with E-state index in [-0.39, 0.29) is 30.1 Å². The monoisotopic (exact) mass is 463 g/mol. The largest absolute Gasteiger partial charge is 0.378 e. The number of hydrogen-bond donors (Lipinski definition) is 3. The summed E-state index contributed by atoms with van der Waals surface area (Å²) in [6.45, 7) is 6.31. The van der Waals surface area contributed by atoms with Crippen LogP contribution in [-0.4, -0.2) is 79.2 Å². The Kier molecular flexibility index (Phi) is 7.92. The number of amides is 2. The Morgan fingerprint density at radius 2 is 2.09 bits per heavy atom. The van der Waals surface area contributed by atoms with Crippen molar-refractivity contribution >= 4 is 24.0 Å². The molecule has 2 atom stereocenters. The molecule has 182 valence electrons. The molecule has 2 aliphatic heterocycles. The van der Waals surface area contributed by atoms with Crippen molar-refractivity contribution < 1.29 is 18.7 Å². The zero-order valence-electron chi connectivity index (χ0n) is 19.2. The minimum absolute atomic E-state index is 0.0591. The number of carbonyl (C=O) groups is 2. The number of anilines is 2. The van der Waals surface area contributed by atoms with Crippen molar-refractivity contribution in [2.75, 3.05) is 56.3 Å². The molecule has 11 heteroatoms. The third-order valence-corrected chi connectivity index (χ3v) is 6.90. The van der Waals surface area contributed by atoms with Crippen molar-refractivity contribution in [2.45, 2.75) is 45.1 Å². The molecule has 3 aliphatic rings. The highest BCUT2D eigenvalue weighted by molar-refractivity contribution is 5.80. The molecule has 0 spiro atoms. The second-order valence-electron chi connectivity index (χ2n) is 9.19. The molecule has 0 unspecified atom stereocenters. The van der Waals surface area contributed by atoms with Crippen LogP contribution in [0.5, 0.6) is 0 Å². The number of hydrogen-bond acceptors (Lipinski definition) is 8. The molecule has 2 saturated heterocycles. The fourth-order valence-electron chi connectivity index (χ4n) is 5.12. The molecule has 1 saturated carbocycles. The van der Waals surface area contributed by atoms with Gasteiger partial charge in [0.1, 0.15) is 5.82 Å². The van der Waals surface area contributed by atoms with E-state index in [4.69, 9.17) is 4.74 Å². The first-order valence-corrected chi connectivity index (χ1v) is 11.9. The second kappa shape index (κ2) is 11.1. The van der Waals surface area contributed by atoms with Crippen LogP contribution in [0.2, 0.25) is 0 Å². The van der Waals surface area contributed by atoms with Crippen molar-refractivity contribution in [1.82, 2.24) is 25.6 Å². The highest BCUT2D eigenvalue weighted by Crippen LogP contribution is 2.30. The fourth-order valence-corrected chi connectivity index (χ4v) is 5.12. The first kappa shape index (κ1) is 23.6. The average molecular weight is 464 g/mol. The fraction of sp³-hybridized carbons (Fsp3) is 0.727. The number of fused-ring (bicyclic) bond motifs is 1. The number of rotatable bonds is 9. The van der Waals surface area contributed by atoms with Crippen LogP contribution in [0.1, 0.15) is 37.9 Å². The predicted molar refractivity (Wildman–Crippen MR) is 121 cm³/mol. The normalized spacial score (nSPS) is 22.5. The van der Waals surface area contributed by atoms with E-state index in [2.05, 4.69) is 31.0 Å². The third-order valence-electron chi connectivity index (χ3n) is 6.90. The maximum Gasteiger partial charge on any atom is 0.243 e. The summed E-state index contributed by atoms with van der Waals surface area (Å²) in [5.41, 5.74) is 5.27. The van der Waals surface area contributed by atoms with Gasteiger partial charge in [-0.2, -0.15) is 4.39 Å². The van der Waals surface area contributed by atoms with E-state index in [0.29, 0.717) is 44.3 Å². The summed E-state index contributed by atoms with van der Waals surface area (Å²) in [7, 11) is 0. The van der Waals surface area contributed by atoms with Gasteiger partial charge in [-0.25, -0.2) is 9.97 Å². The van der Waals surface area contributed by atoms with Gasteiger partial charge in [-0.15, -0.1) is 0 Å². The van der Waals surface area contributed by atoms with E-state index in [0.717, 1.165) is 32.5 Å².